The molecule has 13 rings (SSSR count). The summed E-state index contributed by atoms with van der Waals surface area (Å²) in [6.45, 7) is 0. The van der Waals surface area contributed by atoms with Crippen molar-refractivity contribution in [2.24, 2.45) is 0 Å². The van der Waals surface area contributed by atoms with Gasteiger partial charge in [0.1, 0.15) is 0 Å². The first-order chi connectivity index (χ1) is 26.8. The summed E-state index contributed by atoms with van der Waals surface area (Å²) in [7, 11) is 0. The summed E-state index contributed by atoms with van der Waals surface area (Å²) in [5.74, 6) is 0. The van der Waals surface area contributed by atoms with Gasteiger partial charge in [0.05, 0.1) is 16.6 Å². The lowest BCUT2D eigenvalue weighted by Crippen LogP contribution is -2.09. The molecule has 0 unspecified atom stereocenters. The Morgan fingerprint density at radius 3 is 1.69 bits per heavy atom. The van der Waals surface area contributed by atoms with Crippen LogP contribution in [0.15, 0.2) is 170 Å². The molecule has 9 aromatic carbocycles. The zero-order valence-corrected chi connectivity index (χ0v) is 29.5. The van der Waals surface area contributed by atoms with Crippen LogP contribution in [0, 0.1) is 0 Å². The normalized spacial score (nSPS) is 13.0. The molecule has 0 spiro atoms. The predicted octanol–water partition coefficient (Wildman–Crippen LogP) is 13.6. The molecule has 54 heavy (non-hydrogen) atoms. The fourth-order valence-corrected chi connectivity index (χ4v) is 10.4. The summed E-state index contributed by atoms with van der Waals surface area (Å²) in [6, 6.07) is 63.6. The van der Waals surface area contributed by atoms with E-state index in [1.165, 1.54) is 121 Å². The third kappa shape index (κ3) is 3.60. The van der Waals surface area contributed by atoms with E-state index in [2.05, 4.69) is 179 Å². The molecule has 250 valence electrons. The summed E-state index contributed by atoms with van der Waals surface area (Å²) in [5.41, 5.74) is 17.2. The van der Waals surface area contributed by atoms with Gasteiger partial charge in [0, 0.05) is 38.8 Å². The largest absolute Gasteiger partial charge is 0.313 e. The van der Waals surface area contributed by atoms with Crippen molar-refractivity contribution in [3.63, 3.8) is 0 Å². The Morgan fingerprint density at radius 1 is 0.333 bits per heavy atom. The van der Waals surface area contributed by atoms with E-state index in [-0.39, 0.29) is 0 Å². The van der Waals surface area contributed by atoms with Crippen LogP contribution in [0.2, 0.25) is 0 Å². The Labute approximate surface area is 311 Å². The number of fused-ring (bicyclic) bond motifs is 4. The molecule has 2 nitrogen and oxygen atoms in total. The number of hydrogen-bond donors (Lipinski definition) is 0. The number of para-hydroxylation sites is 1. The fraction of sp³-hybridized carbons (Fsp3) is 0.0385. The average molecular weight is 685 g/mol. The molecule has 2 aliphatic rings. The van der Waals surface area contributed by atoms with E-state index >= 15 is 0 Å². The van der Waals surface area contributed by atoms with Crippen molar-refractivity contribution in [1.29, 1.82) is 0 Å². The molecule has 0 radical (unpaired) electrons. The maximum atomic E-state index is 2.62. The summed E-state index contributed by atoms with van der Waals surface area (Å²) < 4.78 is 5.10. The van der Waals surface area contributed by atoms with Gasteiger partial charge < -0.3 is 9.13 Å². The second kappa shape index (κ2) is 10.4. The molecule has 0 saturated carbocycles. The topological polar surface area (TPSA) is 9.86 Å². The SMILES string of the molecule is c1ccc(-n2c3cccc4c3c3c5c(ccc32)CCc2c-5c3c-4cccc3n2-c2cc(-c3c4ccccc4cc4ccccc34)c3ccccc3c2)cc1. The molecule has 0 N–H and O–H groups in total. The highest BCUT2D eigenvalue weighted by molar-refractivity contribution is 6.28. The van der Waals surface area contributed by atoms with Gasteiger partial charge in [-0.3, -0.25) is 0 Å². The van der Waals surface area contributed by atoms with Crippen LogP contribution in [0.5, 0.6) is 0 Å². The van der Waals surface area contributed by atoms with E-state index in [0.29, 0.717) is 0 Å². The van der Waals surface area contributed by atoms with Crippen molar-refractivity contribution < 1.29 is 0 Å². The fourth-order valence-electron chi connectivity index (χ4n) is 10.4. The average Bonchev–Trinajstić information content (AvgIpc) is 3.71. The van der Waals surface area contributed by atoms with Crippen molar-refractivity contribution in [3.8, 4) is 44.8 Å². The number of rotatable bonds is 3. The van der Waals surface area contributed by atoms with Gasteiger partial charge in [-0.15, -0.1) is 0 Å². The molecular formula is C52H32N2. The summed E-state index contributed by atoms with van der Waals surface area (Å²) in [4.78, 5) is 0. The molecule has 0 atom stereocenters. The highest BCUT2D eigenvalue weighted by Crippen LogP contribution is 2.55. The van der Waals surface area contributed by atoms with Gasteiger partial charge in [0.2, 0.25) is 0 Å². The lowest BCUT2D eigenvalue weighted by molar-refractivity contribution is 0.868. The maximum Gasteiger partial charge on any atom is 0.0547 e. The first kappa shape index (κ1) is 28.7. The van der Waals surface area contributed by atoms with Crippen molar-refractivity contribution in [2.45, 2.75) is 12.8 Å². The van der Waals surface area contributed by atoms with Crippen molar-refractivity contribution >= 4 is 65.0 Å². The molecule has 2 aromatic heterocycles. The quantitative estimate of drug-likeness (QED) is 0.164. The Bertz CT molecular complexity index is 3380. The minimum atomic E-state index is 0.986. The van der Waals surface area contributed by atoms with Crippen LogP contribution in [0.3, 0.4) is 0 Å². The lowest BCUT2D eigenvalue weighted by Gasteiger charge is -2.22. The van der Waals surface area contributed by atoms with E-state index in [1.807, 2.05) is 0 Å². The van der Waals surface area contributed by atoms with Gasteiger partial charge in [0.15, 0.2) is 0 Å². The zero-order valence-electron chi connectivity index (χ0n) is 29.5. The molecule has 0 aliphatic heterocycles. The van der Waals surface area contributed by atoms with Crippen LogP contribution in [-0.4, -0.2) is 9.13 Å². The number of hydrogen-bond acceptors (Lipinski definition) is 0. The molecule has 2 heterocycles. The van der Waals surface area contributed by atoms with Gasteiger partial charge in [-0.1, -0.05) is 121 Å². The maximum absolute atomic E-state index is 2.62. The van der Waals surface area contributed by atoms with Crippen molar-refractivity contribution in [1.82, 2.24) is 9.13 Å². The minimum absolute atomic E-state index is 0.986. The number of aryl methyl sites for hydroxylation is 1. The van der Waals surface area contributed by atoms with Crippen LogP contribution in [0.1, 0.15) is 11.3 Å². The molecular weight excluding hydrogens is 653 g/mol. The first-order valence-electron chi connectivity index (χ1n) is 19.1. The number of nitrogens with zero attached hydrogens (tertiary/aromatic N) is 2. The molecule has 0 bridgehead atoms. The highest BCUT2D eigenvalue weighted by Gasteiger charge is 2.33. The molecule has 0 amide bonds. The van der Waals surface area contributed by atoms with Gasteiger partial charge in [-0.05, 0) is 127 Å². The Kier molecular flexibility index (Phi) is 5.50. The molecule has 11 aromatic rings. The Morgan fingerprint density at radius 2 is 0.944 bits per heavy atom. The molecule has 2 aliphatic carbocycles. The van der Waals surface area contributed by atoms with Crippen molar-refractivity contribution in [2.75, 3.05) is 0 Å². The van der Waals surface area contributed by atoms with Gasteiger partial charge >= 0.3 is 0 Å². The summed E-state index contributed by atoms with van der Waals surface area (Å²) in [6.07, 6.45) is 2.00. The van der Waals surface area contributed by atoms with Gasteiger partial charge in [0.25, 0.3) is 0 Å². The van der Waals surface area contributed by atoms with E-state index in [9.17, 15) is 0 Å². The van der Waals surface area contributed by atoms with E-state index in [0.717, 1.165) is 12.8 Å². The van der Waals surface area contributed by atoms with Crippen LogP contribution in [0.4, 0.5) is 0 Å². The second-order valence-electron chi connectivity index (χ2n) is 15.1. The second-order valence-corrected chi connectivity index (χ2v) is 15.1. The molecule has 2 heteroatoms. The predicted molar refractivity (Wildman–Crippen MR) is 227 cm³/mol. The first-order valence-corrected chi connectivity index (χ1v) is 19.1. The van der Waals surface area contributed by atoms with Crippen molar-refractivity contribution in [3.05, 3.63) is 181 Å². The third-order valence-electron chi connectivity index (χ3n) is 12.5. The molecule has 0 fully saturated rings. The highest BCUT2D eigenvalue weighted by atomic mass is 15.0. The van der Waals surface area contributed by atoms with E-state index in [4.69, 9.17) is 0 Å². The van der Waals surface area contributed by atoms with Crippen LogP contribution >= 0.6 is 0 Å². The van der Waals surface area contributed by atoms with Crippen LogP contribution < -0.4 is 0 Å². The standard InChI is InChI=1S/C52H32N2/c1-2-15-35(16-3-1)53-43-22-10-20-40-41-21-11-23-44-50(41)52-46(27-25-31-24-26-45(53)51(47(31)52)49(40)43)54(44)36-29-34-14-4-7-17-37(34)42(30-36)48-38-18-8-5-12-32(38)28-33-13-6-9-19-39(33)48/h1-24,26,28-30H,25,27H2. The zero-order chi connectivity index (χ0) is 35.1. The summed E-state index contributed by atoms with van der Waals surface area (Å²) in [5, 5.41) is 11.8. The lowest BCUT2D eigenvalue weighted by atomic mass is 9.86. The third-order valence-corrected chi connectivity index (χ3v) is 12.5. The van der Waals surface area contributed by atoms with Gasteiger partial charge in [-0.25, -0.2) is 0 Å². The minimum Gasteiger partial charge on any atom is -0.313 e. The van der Waals surface area contributed by atoms with E-state index in [1.54, 1.807) is 0 Å². The smallest absolute Gasteiger partial charge is 0.0547 e. The summed E-state index contributed by atoms with van der Waals surface area (Å²) >= 11 is 0. The monoisotopic (exact) mass is 684 g/mol. The molecule has 0 saturated heterocycles. The van der Waals surface area contributed by atoms with E-state index < -0.39 is 0 Å². The Balaban J connectivity index is 1.18. The number of benzene rings is 9. The Hall–Kier alpha value is -6.90. The van der Waals surface area contributed by atoms with Crippen LogP contribution in [-0.2, 0) is 12.8 Å². The number of aromatic nitrogens is 2. The van der Waals surface area contributed by atoms with Crippen LogP contribution in [0.25, 0.3) is 110 Å². The van der Waals surface area contributed by atoms with Gasteiger partial charge in [-0.2, -0.15) is 0 Å².